The van der Waals surface area contributed by atoms with Crippen molar-refractivity contribution in [3.63, 3.8) is 0 Å². The molecule has 0 spiro atoms. The van der Waals surface area contributed by atoms with E-state index in [9.17, 15) is 4.79 Å². The Morgan fingerprint density at radius 3 is 2.67 bits per heavy atom. The molecule has 2 atom stereocenters. The minimum atomic E-state index is -0.832. The minimum absolute atomic E-state index is 0.192. The van der Waals surface area contributed by atoms with Crippen molar-refractivity contribution in [3.8, 4) is 5.75 Å². The molecule has 0 aliphatic carbocycles. The SMILES string of the molecule is CCC1Oc2cc3c(cc2N[C@@H]1C)CCN(C(=O)O)CC3. The third-order valence-electron chi connectivity index (χ3n) is 4.50. The van der Waals surface area contributed by atoms with Crippen molar-refractivity contribution in [1.29, 1.82) is 0 Å². The molecule has 2 heterocycles. The van der Waals surface area contributed by atoms with Gasteiger partial charge in [-0.3, -0.25) is 0 Å². The van der Waals surface area contributed by atoms with Crippen molar-refractivity contribution in [2.45, 2.75) is 45.3 Å². The van der Waals surface area contributed by atoms with E-state index in [1.165, 1.54) is 16.0 Å². The monoisotopic (exact) mass is 290 g/mol. The molecule has 1 aromatic rings. The number of ether oxygens (including phenoxy) is 1. The summed E-state index contributed by atoms with van der Waals surface area (Å²) in [5, 5.41) is 12.7. The summed E-state index contributed by atoms with van der Waals surface area (Å²) in [7, 11) is 0. The molecule has 114 valence electrons. The van der Waals surface area contributed by atoms with Gasteiger partial charge in [0.1, 0.15) is 11.9 Å². The number of anilines is 1. The normalized spacial score (nSPS) is 24.2. The van der Waals surface area contributed by atoms with E-state index in [2.05, 4.69) is 31.3 Å². The summed E-state index contributed by atoms with van der Waals surface area (Å²) in [4.78, 5) is 12.6. The van der Waals surface area contributed by atoms with E-state index < -0.39 is 6.09 Å². The average molecular weight is 290 g/mol. The van der Waals surface area contributed by atoms with Gasteiger partial charge in [0.15, 0.2) is 0 Å². The number of fused-ring (bicyclic) bond motifs is 2. The molecular formula is C16H22N2O3. The molecule has 2 aliphatic heterocycles. The molecular weight excluding hydrogens is 268 g/mol. The van der Waals surface area contributed by atoms with Crippen LogP contribution in [-0.2, 0) is 12.8 Å². The molecule has 0 saturated heterocycles. The fourth-order valence-electron chi connectivity index (χ4n) is 3.20. The van der Waals surface area contributed by atoms with Crippen molar-refractivity contribution in [3.05, 3.63) is 23.3 Å². The third kappa shape index (κ3) is 2.64. The van der Waals surface area contributed by atoms with E-state index >= 15 is 0 Å². The highest BCUT2D eigenvalue weighted by atomic mass is 16.5. The van der Waals surface area contributed by atoms with Gasteiger partial charge in [0.05, 0.1) is 11.7 Å². The number of hydrogen-bond acceptors (Lipinski definition) is 3. The van der Waals surface area contributed by atoms with Crippen LogP contribution in [0.2, 0.25) is 0 Å². The average Bonchev–Trinajstić information content (AvgIpc) is 2.66. The largest absolute Gasteiger partial charge is 0.486 e. The Morgan fingerprint density at radius 2 is 2.05 bits per heavy atom. The first-order chi connectivity index (χ1) is 10.1. The van der Waals surface area contributed by atoms with Crippen LogP contribution in [0.1, 0.15) is 31.4 Å². The van der Waals surface area contributed by atoms with Crippen molar-refractivity contribution >= 4 is 11.8 Å². The van der Waals surface area contributed by atoms with Crippen molar-refractivity contribution in [2.75, 3.05) is 18.4 Å². The number of amides is 1. The third-order valence-corrected chi connectivity index (χ3v) is 4.50. The molecule has 0 radical (unpaired) electrons. The van der Waals surface area contributed by atoms with Crippen LogP contribution in [0, 0.1) is 0 Å². The standard InChI is InChI=1S/C16H22N2O3/c1-3-14-10(2)17-13-8-11-4-6-18(16(19)20)7-5-12(11)9-15(13)21-14/h8-10,14,17H,3-7H2,1-2H3,(H,19,20)/t10-,14?/m1/s1. The molecule has 5 heteroatoms. The summed E-state index contributed by atoms with van der Waals surface area (Å²) in [6.45, 7) is 5.38. The lowest BCUT2D eigenvalue weighted by atomic mass is 9.99. The number of hydrogen-bond donors (Lipinski definition) is 2. The number of rotatable bonds is 1. The molecule has 1 aromatic carbocycles. The first-order valence-electron chi connectivity index (χ1n) is 7.65. The number of carbonyl (C=O) groups is 1. The van der Waals surface area contributed by atoms with Gasteiger partial charge in [0.2, 0.25) is 0 Å². The van der Waals surface area contributed by atoms with E-state index in [4.69, 9.17) is 9.84 Å². The Hall–Kier alpha value is -1.91. The van der Waals surface area contributed by atoms with Gasteiger partial charge in [-0.25, -0.2) is 4.79 Å². The van der Waals surface area contributed by atoms with E-state index in [1.807, 2.05) is 0 Å². The highest BCUT2D eigenvalue weighted by Crippen LogP contribution is 2.36. The lowest BCUT2D eigenvalue weighted by Gasteiger charge is -2.33. The fraction of sp³-hybridized carbons (Fsp3) is 0.562. The second-order valence-corrected chi connectivity index (χ2v) is 5.88. The van der Waals surface area contributed by atoms with E-state index in [0.29, 0.717) is 19.1 Å². The quantitative estimate of drug-likeness (QED) is 0.835. The maximum Gasteiger partial charge on any atom is 0.407 e. The smallest absolute Gasteiger partial charge is 0.407 e. The predicted molar refractivity (Wildman–Crippen MR) is 81.2 cm³/mol. The van der Waals surface area contributed by atoms with E-state index in [-0.39, 0.29) is 6.10 Å². The Balaban J connectivity index is 1.88. The predicted octanol–water partition coefficient (Wildman–Crippen LogP) is 2.74. The molecule has 0 aromatic heterocycles. The Bertz CT molecular complexity index is 559. The highest BCUT2D eigenvalue weighted by molar-refractivity contribution is 5.66. The van der Waals surface area contributed by atoms with Crippen LogP contribution in [0.5, 0.6) is 5.75 Å². The molecule has 2 N–H and O–H groups in total. The Kier molecular flexibility index (Phi) is 3.66. The summed E-state index contributed by atoms with van der Waals surface area (Å²) in [6, 6.07) is 4.53. The van der Waals surface area contributed by atoms with Gasteiger partial charge in [-0.15, -0.1) is 0 Å². The maximum absolute atomic E-state index is 11.1. The molecule has 21 heavy (non-hydrogen) atoms. The van der Waals surface area contributed by atoms with E-state index in [1.54, 1.807) is 0 Å². The highest BCUT2D eigenvalue weighted by Gasteiger charge is 2.27. The lowest BCUT2D eigenvalue weighted by Crippen LogP contribution is -2.38. The second kappa shape index (κ2) is 5.47. The molecule has 3 rings (SSSR count). The molecule has 1 unspecified atom stereocenters. The number of carboxylic acid groups (broad SMARTS) is 1. The van der Waals surface area contributed by atoms with Crippen LogP contribution in [0.15, 0.2) is 12.1 Å². The first-order valence-corrected chi connectivity index (χ1v) is 7.65. The lowest BCUT2D eigenvalue weighted by molar-refractivity contribution is 0.147. The Morgan fingerprint density at radius 1 is 1.38 bits per heavy atom. The topological polar surface area (TPSA) is 61.8 Å². The van der Waals surface area contributed by atoms with Crippen LogP contribution >= 0.6 is 0 Å². The second-order valence-electron chi connectivity index (χ2n) is 5.88. The molecule has 0 bridgehead atoms. The van der Waals surface area contributed by atoms with Crippen LogP contribution in [0.4, 0.5) is 10.5 Å². The van der Waals surface area contributed by atoms with Crippen LogP contribution < -0.4 is 10.1 Å². The van der Waals surface area contributed by atoms with Gasteiger partial charge in [-0.1, -0.05) is 6.92 Å². The van der Waals surface area contributed by atoms with Crippen molar-refractivity contribution < 1.29 is 14.6 Å². The molecule has 0 fully saturated rings. The van der Waals surface area contributed by atoms with Gasteiger partial charge in [0, 0.05) is 13.1 Å². The zero-order valence-electron chi connectivity index (χ0n) is 12.6. The van der Waals surface area contributed by atoms with Crippen LogP contribution in [0.25, 0.3) is 0 Å². The van der Waals surface area contributed by atoms with Crippen LogP contribution in [-0.4, -0.2) is 41.3 Å². The zero-order chi connectivity index (χ0) is 15.0. The van der Waals surface area contributed by atoms with Gasteiger partial charge in [-0.2, -0.15) is 0 Å². The van der Waals surface area contributed by atoms with Crippen LogP contribution in [0.3, 0.4) is 0 Å². The van der Waals surface area contributed by atoms with Crippen molar-refractivity contribution in [2.24, 2.45) is 0 Å². The minimum Gasteiger partial charge on any atom is -0.486 e. The summed E-state index contributed by atoms with van der Waals surface area (Å²) in [5.74, 6) is 0.905. The van der Waals surface area contributed by atoms with Gasteiger partial charge >= 0.3 is 6.09 Å². The van der Waals surface area contributed by atoms with E-state index in [0.717, 1.165) is 30.7 Å². The molecule has 5 nitrogen and oxygen atoms in total. The summed E-state index contributed by atoms with van der Waals surface area (Å²) in [6.07, 6.45) is 1.85. The van der Waals surface area contributed by atoms with Crippen molar-refractivity contribution in [1.82, 2.24) is 4.90 Å². The molecule has 1 amide bonds. The number of nitrogens with one attached hydrogen (secondary N) is 1. The van der Waals surface area contributed by atoms with Gasteiger partial charge < -0.3 is 20.1 Å². The number of benzene rings is 1. The zero-order valence-corrected chi connectivity index (χ0v) is 12.6. The summed E-state index contributed by atoms with van der Waals surface area (Å²) >= 11 is 0. The fourth-order valence-corrected chi connectivity index (χ4v) is 3.20. The van der Waals surface area contributed by atoms with Gasteiger partial charge in [-0.05, 0) is 49.4 Å². The van der Waals surface area contributed by atoms with Gasteiger partial charge in [0.25, 0.3) is 0 Å². The summed E-state index contributed by atoms with van der Waals surface area (Å²) in [5.41, 5.74) is 3.48. The Labute approximate surface area is 124 Å². The number of nitrogens with zero attached hydrogens (tertiary/aromatic N) is 1. The summed E-state index contributed by atoms with van der Waals surface area (Å²) < 4.78 is 6.08. The molecule has 0 saturated carbocycles. The first kappa shape index (κ1) is 14.0. The molecule has 2 aliphatic rings. The maximum atomic E-state index is 11.1.